The molecule has 6 heteroatoms. The van der Waals surface area contributed by atoms with E-state index in [9.17, 15) is 14.7 Å². The average Bonchev–Trinajstić information content (AvgIpc) is 2.80. The standard InChI is InChI=1S/C15H15NO4S/c1-8-5-4-6-9(2)12(8)20-7-11(17)14-16-10(3)13(21-14)15(18)19/h4-6H,7H2,1-3H3,(H,18,19)/p-1. The third-order valence-electron chi connectivity index (χ3n) is 2.98. The number of ether oxygens (including phenoxy) is 1. The number of thiazole rings is 1. The summed E-state index contributed by atoms with van der Waals surface area (Å²) >= 11 is 0.817. The van der Waals surface area contributed by atoms with Crippen molar-refractivity contribution in [1.82, 2.24) is 4.98 Å². The Hall–Kier alpha value is -2.21. The molecule has 0 aliphatic carbocycles. The highest BCUT2D eigenvalue weighted by Gasteiger charge is 2.16. The van der Waals surface area contributed by atoms with Crippen LogP contribution >= 0.6 is 11.3 Å². The lowest BCUT2D eigenvalue weighted by atomic mass is 10.1. The number of hydrogen-bond donors (Lipinski definition) is 0. The van der Waals surface area contributed by atoms with Crippen LogP contribution in [0.5, 0.6) is 5.75 Å². The van der Waals surface area contributed by atoms with Gasteiger partial charge in [-0.15, -0.1) is 11.3 Å². The normalized spacial score (nSPS) is 10.4. The first kappa shape index (κ1) is 15.2. The van der Waals surface area contributed by atoms with Gasteiger partial charge in [0, 0.05) is 0 Å². The topological polar surface area (TPSA) is 79.3 Å². The molecule has 0 bridgehead atoms. The lowest BCUT2D eigenvalue weighted by Gasteiger charge is -2.10. The number of aromatic carboxylic acids is 1. The number of carboxylic acids is 1. The van der Waals surface area contributed by atoms with Crippen LogP contribution in [0.4, 0.5) is 0 Å². The SMILES string of the molecule is Cc1cccc(C)c1OCC(=O)c1nc(C)c(C(=O)[O-])s1. The zero-order chi connectivity index (χ0) is 15.6. The molecule has 110 valence electrons. The van der Waals surface area contributed by atoms with Crippen molar-refractivity contribution in [3.05, 3.63) is 44.9 Å². The number of benzene rings is 1. The van der Waals surface area contributed by atoms with Crippen LogP contribution in [0.3, 0.4) is 0 Å². The molecule has 1 heterocycles. The number of carbonyl (C=O) groups is 2. The van der Waals surface area contributed by atoms with Crippen LogP contribution in [-0.2, 0) is 0 Å². The number of Topliss-reactive ketones (excluding diaryl/α,β-unsaturated/α-hetero) is 1. The molecule has 2 aromatic rings. The largest absolute Gasteiger partial charge is 0.544 e. The van der Waals surface area contributed by atoms with Gasteiger partial charge in [-0.2, -0.15) is 0 Å². The van der Waals surface area contributed by atoms with Crippen molar-refractivity contribution < 1.29 is 19.4 Å². The number of aryl methyl sites for hydroxylation is 3. The fourth-order valence-electron chi connectivity index (χ4n) is 1.93. The molecule has 0 N–H and O–H groups in total. The van der Waals surface area contributed by atoms with Gasteiger partial charge in [-0.3, -0.25) is 4.79 Å². The van der Waals surface area contributed by atoms with Crippen LogP contribution < -0.4 is 9.84 Å². The summed E-state index contributed by atoms with van der Waals surface area (Å²) in [5.41, 5.74) is 2.16. The third-order valence-corrected chi connectivity index (χ3v) is 4.16. The maximum Gasteiger partial charge on any atom is 0.228 e. The summed E-state index contributed by atoms with van der Waals surface area (Å²) in [7, 11) is 0. The van der Waals surface area contributed by atoms with Gasteiger partial charge in [0.25, 0.3) is 0 Å². The Balaban J connectivity index is 2.12. The van der Waals surface area contributed by atoms with E-state index in [4.69, 9.17) is 4.74 Å². The molecule has 0 radical (unpaired) electrons. The van der Waals surface area contributed by atoms with E-state index in [0.717, 1.165) is 22.5 Å². The zero-order valence-electron chi connectivity index (χ0n) is 11.9. The first-order chi connectivity index (χ1) is 9.90. The Kier molecular flexibility index (Phi) is 4.37. The highest BCUT2D eigenvalue weighted by Crippen LogP contribution is 2.23. The van der Waals surface area contributed by atoms with E-state index in [1.54, 1.807) is 0 Å². The van der Waals surface area contributed by atoms with Gasteiger partial charge in [-0.1, -0.05) is 18.2 Å². The maximum atomic E-state index is 12.0. The van der Waals surface area contributed by atoms with E-state index in [2.05, 4.69) is 4.98 Å². The van der Waals surface area contributed by atoms with Crippen molar-refractivity contribution in [3.8, 4) is 5.75 Å². The number of carboxylic acid groups (broad SMARTS) is 1. The predicted octanol–water partition coefficient (Wildman–Crippen LogP) is 1.69. The minimum absolute atomic E-state index is 0.0228. The molecular weight excluding hydrogens is 290 g/mol. The fourth-order valence-corrected chi connectivity index (χ4v) is 2.76. The quantitative estimate of drug-likeness (QED) is 0.785. The van der Waals surface area contributed by atoms with Gasteiger partial charge in [-0.25, -0.2) is 4.98 Å². The van der Waals surface area contributed by atoms with Gasteiger partial charge >= 0.3 is 0 Å². The second kappa shape index (κ2) is 6.05. The van der Waals surface area contributed by atoms with Gasteiger partial charge in [-0.05, 0) is 31.9 Å². The van der Waals surface area contributed by atoms with E-state index in [1.165, 1.54) is 6.92 Å². The molecule has 0 aliphatic heterocycles. The number of rotatable bonds is 5. The summed E-state index contributed by atoms with van der Waals surface area (Å²) in [6.07, 6.45) is 0. The average molecular weight is 304 g/mol. The summed E-state index contributed by atoms with van der Waals surface area (Å²) in [6, 6.07) is 5.71. The summed E-state index contributed by atoms with van der Waals surface area (Å²) < 4.78 is 5.55. The molecule has 0 spiro atoms. The summed E-state index contributed by atoms with van der Waals surface area (Å²) in [5, 5.41) is 11.0. The molecule has 0 saturated heterocycles. The van der Waals surface area contributed by atoms with Gasteiger partial charge < -0.3 is 14.6 Å². The van der Waals surface area contributed by atoms with Crippen molar-refractivity contribution in [2.45, 2.75) is 20.8 Å². The predicted molar refractivity (Wildman–Crippen MR) is 76.9 cm³/mol. The Labute approximate surface area is 126 Å². The van der Waals surface area contributed by atoms with Gasteiger partial charge in [0.05, 0.1) is 16.5 Å². The first-order valence-corrected chi connectivity index (χ1v) is 7.12. The number of nitrogens with zero attached hydrogens (tertiary/aromatic N) is 1. The Bertz CT molecular complexity index is 685. The van der Waals surface area contributed by atoms with Gasteiger partial charge in [0.1, 0.15) is 5.75 Å². The van der Waals surface area contributed by atoms with E-state index < -0.39 is 5.97 Å². The zero-order valence-corrected chi connectivity index (χ0v) is 12.7. The number of hydrogen-bond acceptors (Lipinski definition) is 6. The summed E-state index contributed by atoms with van der Waals surface area (Å²) in [4.78, 5) is 26.8. The fraction of sp³-hybridized carbons (Fsp3) is 0.267. The minimum Gasteiger partial charge on any atom is -0.544 e. The number of aromatic nitrogens is 1. The molecule has 2 rings (SSSR count). The first-order valence-electron chi connectivity index (χ1n) is 6.31. The number of ketones is 1. The van der Waals surface area contributed by atoms with E-state index >= 15 is 0 Å². The van der Waals surface area contributed by atoms with Crippen molar-refractivity contribution in [1.29, 1.82) is 0 Å². The lowest BCUT2D eigenvalue weighted by molar-refractivity contribution is -0.254. The molecule has 0 aliphatic rings. The van der Waals surface area contributed by atoms with Crippen LogP contribution in [0.2, 0.25) is 0 Å². The van der Waals surface area contributed by atoms with E-state index in [-0.39, 0.29) is 28.0 Å². The Morgan fingerprint density at radius 2 is 1.86 bits per heavy atom. The second-order valence-corrected chi connectivity index (χ2v) is 5.65. The molecule has 1 aromatic carbocycles. The van der Waals surface area contributed by atoms with E-state index in [0.29, 0.717) is 5.75 Å². The molecule has 1 aromatic heterocycles. The monoisotopic (exact) mass is 304 g/mol. The van der Waals surface area contributed by atoms with Crippen LogP contribution in [-0.4, -0.2) is 23.3 Å². The Morgan fingerprint density at radius 3 is 2.38 bits per heavy atom. The van der Waals surface area contributed by atoms with Crippen LogP contribution in [0.15, 0.2) is 18.2 Å². The molecule has 0 amide bonds. The van der Waals surface area contributed by atoms with Crippen molar-refractivity contribution in [3.63, 3.8) is 0 Å². The van der Waals surface area contributed by atoms with Gasteiger partial charge in [0.15, 0.2) is 11.6 Å². The van der Waals surface area contributed by atoms with Crippen molar-refractivity contribution in [2.24, 2.45) is 0 Å². The highest BCUT2D eigenvalue weighted by molar-refractivity contribution is 7.15. The number of carbonyl (C=O) groups excluding carboxylic acids is 2. The minimum atomic E-state index is -1.32. The molecule has 5 nitrogen and oxygen atoms in total. The molecule has 0 atom stereocenters. The molecule has 0 fully saturated rings. The third kappa shape index (κ3) is 3.28. The maximum absolute atomic E-state index is 12.0. The van der Waals surface area contributed by atoms with Crippen LogP contribution in [0, 0.1) is 20.8 Å². The number of para-hydroxylation sites is 1. The van der Waals surface area contributed by atoms with Crippen LogP contribution in [0.1, 0.15) is 36.3 Å². The molecule has 0 unspecified atom stereocenters. The van der Waals surface area contributed by atoms with Crippen molar-refractivity contribution >= 4 is 23.1 Å². The van der Waals surface area contributed by atoms with Crippen molar-refractivity contribution in [2.75, 3.05) is 6.61 Å². The summed E-state index contributed by atoms with van der Waals surface area (Å²) in [5.74, 6) is -1.00. The molecule has 21 heavy (non-hydrogen) atoms. The Morgan fingerprint density at radius 1 is 1.24 bits per heavy atom. The highest BCUT2D eigenvalue weighted by atomic mass is 32.1. The lowest BCUT2D eigenvalue weighted by Crippen LogP contribution is -2.21. The second-order valence-electron chi connectivity index (χ2n) is 4.65. The smallest absolute Gasteiger partial charge is 0.228 e. The van der Waals surface area contributed by atoms with Crippen LogP contribution in [0.25, 0.3) is 0 Å². The molecular formula is C15H14NO4S-. The van der Waals surface area contributed by atoms with Gasteiger partial charge in [0.2, 0.25) is 5.78 Å². The molecule has 0 saturated carbocycles. The van der Waals surface area contributed by atoms with E-state index in [1.807, 2.05) is 32.0 Å². The summed E-state index contributed by atoms with van der Waals surface area (Å²) in [6.45, 7) is 5.15.